The summed E-state index contributed by atoms with van der Waals surface area (Å²) < 4.78 is 1.84. The Kier molecular flexibility index (Phi) is 5.64. The van der Waals surface area contributed by atoms with Crippen LogP contribution in [-0.2, 0) is 4.79 Å². The normalized spacial score (nSPS) is 16.7. The fourth-order valence-electron chi connectivity index (χ4n) is 3.37. The van der Waals surface area contributed by atoms with Crippen molar-refractivity contribution in [2.45, 2.75) is 38.6 Å². The lowest BCUT2D eigenvalue weighted by Gasteiger charge is -2.23. The van der Waals surface area contributed by atoms with Gasteiger partial charge in [-0.3, -0.25) is 4.79 Å². The second-order valence-electron chi connectivity index (χ2n) is 6.53. The zero-order chi connectivity index (χ0) is 16.8. The molecule has 0 aliphatic carbocycles. The number of carbonyl (C=O) groups excluding carboxylic acids is 1. The molecule has 0 spiro atoms. The van der Waals surface area contributed by atoms with Crippen LogP contribution in [0.4, 0.5) is 0 Å². The number of benzene rings is 1. The molecule has 0 radical (unpaired) electrons. The van der Waals surface area contributed by atoms with Gasteiger partial charge in [-0.1, -0.05) is 18.2 Å². The molecule has 1 saturated heterocycles. The Morgan fingerprint density at radius 3 is 2.88 bits per heavy atom. The molecule has 2 aromatic rings. The Labute approximate surface area is 143 Å². The maximum absolute atomic E-state index is 12.3. The summed E-state index contributed by atoms with van der Waals surface area (Å²) in [5, 5.41) is 10.8. The first-order chi connectivity index (χ1) is 11.7. The van der Waals surface area contributed by atoms with E-state index < -0.39 is 0 Å². The van der Waals surface area contributed by atoms with E-state index in [1.807, 2.05) is 42.1 Å². The maximum atomic E-state index is 12.3. The van der Waals surface area contributed by atoms with E-state index in [0.717, 1.165) is 30.8 Å². The van der Waals surface area contributed by atoms with Crippen molar-refractivity contribution in [1.29, 1.82) is 0 Å². The molecule has 1 fully saturated rings. The fourth-order valence-corrected chi connectivity index (χ4v) is 3.37. The van der Waals surface area contributed by atoms with Gasteiger partial charge in [-0.2, -0.15) is 5.10 Å². The van der Waals surface area contributed by atoms with Gasteiger partial charge in [0, 0.05) is 18.8 Å². The van der Waals surface area contributed by atoms with E-state index in [-0.39, 0.29) is 11.9 Å². The van der Waals surface area contributed by atoms with E-state index >= 15 is 0 Å². The van der Waals surface area contributed by atoms with E-state index in [0.29, 0.717) is 12.3 Å². The monoisotopic (exact) mass is 326 g/mol. The number of nitrogens with one attached hydrogen (secondary N) is 2. The lowest BCUT2D eigenvalue weighted by Crippen LogP contribution is -2.30. The SMILES string of the molecule is CC(NC(=O)CCC1CCNCC1)c1ccccc1-n1cccn1. The highest BCUT2D eigenvalue weighted by Crippen LogP contribution is 2.22. The lowest BCUT2D eigenvalue weighted by atomic mass is 9.93. The summed E-state index contributed by atoms with van der Waals surface area (Å²) >= 11 is 0. The van der Waals surface area contributed by atoms with Crippen LogP contribution in [-0.4, -0.2) is 28.8 Å². The summed E-state index contributed by atoms with van der Waals surface area (Å²) in [4.78, 5) is 12.3. The molecule has 1 aromatic heterocycles. The van der Waals surface area contributed by atoms with E-state index in [2.05, 4.69) is 21.8 Å². The van der Waals surface area contributed by atoms with Crippen molar-refractivity contribution in [3.05, 3.63) is 48.3 Å². The number of hydrogen-bond acceptors (Lipinski definition) is 3. The molecule has 0 saturated carbocycles. The molecule has 1 atom stereocenters. The van der Waals surface area contributed by atoms with Crippen molar-refractivity contribution in [3.8, 4) is 5.69 Å². The standard InChI is InChI=1S/C19H26N4O/c1-15(22-19(24)8-7-16-9-12-20-13-10-16)17-5-2-3-6-18(17)23-14-4-11-21-23/h2-6,11,14-16,20H,7-10,12-13H2,1H3,(H,22,24). The highest BCUT2D eigenvalue weighted by atomic mass is 16.1. The van der Waals surface area contributed by atoms with Gasteiger partial charge in [0.2, 0.25) is 5.91 Å². The number of hydrogen-bond donors (Lipinski definition) is 2. The topological polar surface area (TPSA) is 59.0 Å². The van der Waals surface area contributed by atoms with E-state index in [9.17, 15) is 4.79 Å². The molecule has 3 rings (SSSR count). The third-order valence-corrected chi connectivity index (χ3v) is 4.77. The first-order valence-electron chi connectivity index (χ1n) is 8.83. The summed E-state index contributed by atoms with van der Waals surface area (Å²) in [6, 6.07) is 9.94. The van der Waals surface area contributed by atoms with Crippen LogP contribution >= 0.6 is 0 Å². The van der Waals surface area contributed by atoms with Crippen molar-refractivity contribution in [2.24, 2.45) is 5.92 Å². The number of piperidine rings is 1. The van der Waals surface area contributed by atoms with Crippen LogP contribution in [0.25, 0.3) is 5.69 Å². The van der Waals surface area contributed by atoms with Crippen molar-refractivity contribution in [1.82, 2.24) is 20.4 Å². The van der Waals surface area contributed by atoms with Crippen LogP contribution in [0.1, 0.15) is 44.2 Å². The molecule has 5 nitrogen and oxygen atoms in total. The van der Waals surface area contributed by atoms with E-state index in [1.165, 1.54) is 12.8 Å². The Balaban J connectivity index is 1.58. The number of para-hydroxylation sites is 1. The second-order valence-corrected chi connectivity index (χ2v) is 6.53. The molecule has 2 heterocycles. The molecule has 1 unspecified atom stereocenters. The minimum atomic E-state index is -0.0362. The zero-order valence-corrected chi connectivity index (χ0v) is 14.2. The van der Waals surface area contributed by atoms with Crippen LogP contribution in [0.2, 0.25) is 0 Å². The number of carbonyl (C=O) groups is 1. The van der Waals surface area contributed by atoms with Gasteiger partial charge in [-0.25, -0.2) is 4.68 Å². The smallest absolute Gasteiger partial charge is 0.220 e. The summed E-state index contributed by atoms with van der Waals surface area (Å²) in [7, 11) is 0. The van der Waals surface area contributed by atoms with Crippen LogP contribution in [0.15, 0.2) is 42.7 Å². The molecule has 1 amide bonds. The van der Waals surface area contributed by atoms with E-state index in [4.69, 9.17) is 0 Å². The van der Waals surface area contributed by atoms with Gasteiger partial charge in [0.25, 0.3) is 0 Å². The number of rotatable bonds is 6. The zero-order valence-electron chi connectivity index (χ0n) is 14.2. The van der Waals surface area contributed by atoms with Crippen molar-refractivity contribution < 1.29 is 4.79 Å². The molecular formula is C19H26N4O. The number of nitrogens with zero attached hydrogens (tertiary/aromatic N) is 2. The first-order valence-corrected chi connectivity index (χ1v) is 8.83. The average molecular weight is 326 g/mol. The number of amides is 1. The molecule has 1 aromatic carbocycles. The number of aromatic nitrogens is 2. The molecule has 128 valence electrons. The predicted molar refractivity (Wildman–Crippen MR) is 94.9 cm³/mol. The first kappa shape index (κ1) is 16.7. The summed E-state index contributed by atoms with van der Waals surface area (Å²) in [6.07, 6.45) is 7.65. The minimum absolute atomic E-state index is 0.0362. The molecule has 0 bridgehead atoms. The molecule has 2 N–H and O–H groups in total. The molecule has 1 aliphatic rings. The largest absolute Gasteiger partial charge is 0.350 e. The van der Waals surface area contributed by atoms with Gasteiger partial charge in [0.05, 0.1) is 11.7 Å². The Hall–Kier alpha value is -2.14. The van der Waals surface area contributed by atoms with Gasteiger partial charge in [0.15, 0.2) is 0 Å². The van der Waals surface area contributed by atoms with Crippen molar-refractivity contribution >= 4 is 5.91 Å². The molecule has 5 heteroatoms. The molecule has 24 heavy (non-hydrogen) atoms. The van der Waals surface area contributed by atoms with Crippen molar-refractivity contribution in [2.75, 3.05) is 13.1 Å². The summed E-state index contributed by atoms with van der Waals surface area (Å²) in [5.41, 5.74) is 2.09. The van der Waals surface area contributed by atoms with Crippen molar-refractivity contribution in [3.63, 3.8) is 0 Å². The Bertz CT molecular complexity index is 647. The van der Waals surface area contributed by atoms with Crippen LogP contribution in [0.3, 0.4) is 0 Å². The molecule has 1 aliphatic heterocycles. The van der Waals surface area contributed by atoms with E-state index in [1.54, 1.807) is 6.20 Å². The van der Waals surface area contributed by atoms with Gasteiger partial charge in [-0.05, 0) is 62.9 Å². The third kappa shape index (κ3) is 4.23. The van der Waals surface area contributed by atoms with Gasteiger partial charge < -0.3 is 10.6 Å². The quantitative estimate of drug-likeness (QED) is 0.858. The van der Waals surface area contributed by atoms with Gasteiger partial charge in [-0.15, -0.1) is 0 Å². The predicted octanol–water partition coefficient (Wildman–Crippen LogP) is 2.83. The summed E-state index contributed by atoms with van der Waals surface area (Å²) in [6.45, 7) is 4.20. The van der Waals surface area contributed by atoms with Crippen LogP contribution in [0, 0.1) is 5.92 Å². The van der Waals surface area contributed by atoms with Crippen LogP contribution < -0.4 is 10.6 Å². The lowest BCUT2D eigenvalue weighted by molar-refractivity contribution is -0.122. The van der Waals surface area contributed by atoms with Gasteiger partial charge in [0.1, 0.15) is 0 Å². The minimum Gasteiger partial charge on any atom is -0.350 e. The Morgan fingerprint density at radius 2 is 2.12 bits per heavy atom. The maximum Gasteiger partial charge on any atom is 0.220 e. The Morgan fingerprint density at radius 1 is 1.33 bits per heavy atom. The molecular weight excluding hydrogens is 300 g/mol. The van der Waals surface area contributed by atoms with Gasteiger partial charge >= 0.3 is 0 Å². The fraction of sp³-hybridized carbons (Fsp3) is 0.474. The van der Waals surface area contributed by atoms with Crippen LogP contribution in [0.5, 0.6) is 0 Å². The highest BCUT2D eigenvalue weighted by Gasteiger charge is 2.17. The highest BCUT2D eigenvalue weighted by molar-refractivity contribution is 5.76. The second kappa shape index (κ2) is 8.11. The average Bonchev–Trinajstić information content (AvgIpc) is 3.15. The summed E-state index contributed by atoms with van der Waals surface area (Å²) in [5.74, 6) is 0.819. The third-order valence-electron chi connectivity index (χ3n) is 4.77.